The first kappa shape index (κ1) is 15.8. The Morgan fingerprint density at radius 2 is 1.62 bits per heavy atom. The fourth-order valence-corrected chi connectivity index (χ4v) is 3.03. The molecule has 0 aliphatic carbocycles. The molecule has 0 amide bonds. The lowest BCUT2D eigenvalue weighted by Crippen LogP contribution is -2.15. The second-order valence-electron chi connectivity index (χ2n) is 4.37. The summed E-state index contributed by atoms with van der Waals surface area (Å²) in [4.78, 5) is 11.8. The van der Waals surface area contributed by atoms with Gasteiger partial charge in [0, 0.05) is 21.6 Å². The van der Waals surface area contributed by atoms with E-state index in [0.29, 0.717) is 5.02 Å². The van der Waals surface area contributed by atoms with Crippen molar-refractivity contribution in [3.63, 3.8) is 0 Å². The van der Waals surface area contributed by atoms with Crippen molar-refractivity contribution in [1.29, 1.82) is 0 Å². The summed E-state index contributed by atoms with van der Waals surface area (Å²) in [5.74, 6) is -3.00. The minimum Gasteiger partial charge on any atom is -0.293 e. The molecule has 2 aromatic carbocycles. The van der Waals surface area contributed by atoms with Crippen LogP contribution in [0.25, 0.3) is 0 Å². The van der Waals surface area contributed by atoms with Crippen LogP contribution in [-0.2, 0) is 16.6 Å². The molecule has 2 aromatic rings. The van der Waals surface area contributed by atoms with Gasteiger partial charge in [-0.2, -0.15) is 0 Å². The third-order valence-corrected chi connectivity index (χ3v) is 4.27. The first-order valence-electron chi connectivity index (χ1n) is 6.04. The monoisotopic (exact) mass is 328 g/mol. The first-order valence-corrected chi connectivity index (χ1v) is 7.90. The molecule has 0 radical (unpaired) electrons. The molecule has 0 N–H and O–H groups in total. The zero-order valence-corrected chi connectivity index (χ0v) is 12.4. The SMILES string of the molecule is O=C(CS(=O)Cc1ccc(Cl)cc1)c1c(F)cccc1F. The van der Waals surface area contributed by atoms with E-state index in [1.54, 1.807) is 24.3 Å². The third kappa shape index (κ3) is 4.19. The van der Waals surface area contributed by atoms with Crippen LogP contribution in [-0.4, -0.2) is 15.7 Å². The van der Waals surface area contributed by atoms with Crippen molar-refractivity contribution < 1.29 is 17.8 Å². The van der Waals surface area contributed by atoms with Gasteiger partial charge >= 0.3 is 0 Å². The van der Waals surface area contributed by atoms with Crippen molar-refractivity contribution >= 4 is 28.2 Å². The second-order valence-corrected chi connectivity index (χ2v) is 6.27. The van der Waals surface area contributed by atoms with Gasteiger partial charge in [0.2, 0.25) is 0 Å². The number of Topliss-reactive ketones (excluding diaryl/α,β-unsaturated/α-hetero) is 1. The maximum Gasteiger partial charge on any atom is 0.181 e. The third-order valence-electron chi connectivity index (χ3n) is 2.77. The Balaban J connectivity index is 2.06. The Morgan fingerprint density at radius 1 is 1.05 bits per heavy atom. The van der Waals surface area contributed by atoms with Gasteiger partial charge in [0.05, 0.1) is 11.3 Å². The molecule has 0 aliphatic heterocycles. The van der Waals surface area contributed by atoms with Crippen LogP contribution >= 0.6 is 11.6 Å². The highest BCUT2D eigenvalue weighted by Crippen LogP contribution is 2.15. The highest BCUT2D eigenvalue weighted by atomic mass is 35.5. The van der Waals surface area contributed by atoms with Crippen LogP contribution in [0, 0.1) is 11.6 Å². The molecule has 2 nitrogen and oxygen atoms in total. The zero-order chi connectivity index (χ0) is 15.4. The first-order chi connectivity index (χ1) is 9.97. The predicted octanol–water partition coefficient (Wildman–Crippen LogP) is 3.75. The summed E-state index contributed by atoms with van der Waals surface area (Å²) >= 11 is 5.73. The van der Waals surface area contributed by atoms with Gasteiger partial charge in [-0.25, -0.2) is 8.78 Å². The van der Waals surface area contributed by atoms with Crippen molar-refractivity contribution in [3.05, 3.63) is 70.2 Å². The van der Waals surface area contributed by atoms with Crippen molar-refractivity contribution in [2.24, 2.45) is 0 Å². The summed E-state index contributed by atoms with van der Waals surface area (Å²) in [5.41, 5.74) is 0.0986. The molecule has 110 valence electrons. The molecule has 0 saturated heterocycles. The number of hydrogen-bond acceptors (Lipinski definition) is 2. The molecule has 0 aromatic heterocycles. The highest BCUT2D eigenvalue weighted by molar-refractivity contribution is 7.85. The van der Waals surface area contributed by atoms with E-state index in [2.05, 4.69) is 0 Å². The van der Waals surface area contributed by atoms with Crippen LogP contribution < -0.4 is 0 Å². The van der Waals surface area contributed by atoms with Crippen LogP contribution in [0.1, 0.15) is 15.9 Å². The summed E-state index contributed by atoms with van der Waals surface area (Å²) in [6.45, 7) is 0. The number of hydrogen-bond donors (Lipinski definition) is 0. The normalized spacial score (nSPS) is 12.1. The predicted molar refractivity (Wildman–Crippen MR) is 78.9 cm³/mol. The maximum absolute atomic E-state index is 13.4. The number of carbonyl (C=O) groups excluding carboxylic acids is 1. The zero-order valence-electron chi connectivity index (χ0n) is 10.8. The number of rotatable bonds is 5. The van der Waals surface area contributed by atoms with Crippen LogP contribution in [0.2, 0.25) is 5.02 Å². The van der Waals surface area contributed by atoms with Gasteiger partial charge in [0.15, 0.2) is 5.78 Å². The van der Waals surface area contributed by atoms with E-state index in [-0.39, 0.29) is 5.75 Å². The lowest BCUT2D eigenvalue weighted by atomic mass is 10.1. The van der Waals surface area contributed by atoms with Gasteiger partial charge in [-0.3, -0.25) is 9.00 Å². The van der Waals surface area contributed by atoms with E-state index in [1.165, 1.54) is 6.07 Å². The standard InChI is InChI=1S/C15H11ClF2O2S/c16-11-6-4-10(5-7-11)8-21(20)9-14(19)15-12(17)2-1-3-13(15)18/h1-7H,8-9H2. The van der Waals surface area contributed by atoms with E-state index < -0.39 is 39.5 Å². The van der Waals surface area contributed by atoms with E-state index in [4.69, 9.17) is 11.6 Å². The van der Waals surface area contributed by atoms with Gasteiger partial charge in [-0.05, 0) is 29.8 Å². The van der Waals surface area contributed by atoms with Crippen LogP contribution in [0.3, 0.4) is 0 Å². The maximum atomic E-state index is 13.4. The summed E-state index contributed by atoms with van der Waals surface area (Å²) < 4.78 is 38.8. The molecule has 0 saturated carbocycles. The second kappa shape index (κ2) is 6.91. The van der Waals surface area contributed by atoms with Gasteiger partial charge in [-0.15, -0.1) is 0 Å². The number of carbonyl (C=O) groups is 1. The number of ketones is 1. The molecule has 0 spiro atoms. The van der Waals surface area contributed by atoms with Gasteiger partial charge in [-0.1, -0.05) is 29.8 Å². The lowest BCUT2D eigenvalue weighted by molar-refractivity contribution is 0.101. The van der Waals surface area contributed by atoms with Crippen molar-refractivity contribution in [2.45, 2.75) is 5.75 Å². The van der Waals surface area contributed by atoms with Crippen LogP contribution in [0.5, 0.6) is 0 Å². The van der Waals surface area contributed by atoms with Crippen molar-refractivity contribution in [2.75, 3.05) is 5.75 Å². The molecule has 1 atom stereocenters. The Kier molecular flexibility index (Phi) is 5.20. The summed E-state index contributed by atoms with van der Waals surface area (Å²) in [7, 11) is -1.55. The van der Waals surface area contributed by atoms with E-state index in [0.717, 1.165) is 17.7 Å². The Morgan fingerprint density at radius 3 is 2.19 bits per heavy atom. The smallest absolute Gasteiger partial charge is 0.181 e. The van der Waals surface area contributed by atoms with Gasteiger partial charge < -0.3 is 0 Å². The molecular weight excluding hydrogens is 318 g/mol. The van der Waals surface area contributed by atoms with Crippen molar-refractivity contribution in [1.82, 2.24) is 0 Å². The molecule has 21 heavy (non-hydrogen) atoms. The fraction of sp³-hybridized carbons (Fsp3) is 0.133. The van der Waals surface area contributed by atoms with Crippen LogP contribution in [0.15, 0.2) is 42.5 Å². The molecule has 0 bridgehead atoms. The summed E-state index contributed by atoms with van der Waals surface area (Å²) in [6.07, 6.45) is 0. The topological polar surface area (TPSA) is 34.1 Å². The Labute approximate surface area is 128 Å². The van der Waals surface area contributed by atoms with E-state index >= 15 is 0 Å². The van der Waals surface area contributed by atoms with E-state index in [9.17, 15) is 17.8 Å². The minimum atomic E-state index is -1.55. The van der Waals surface area contributed by atoms with Crippen LogP contribution in [0.4, 0.5) is 8.78 Å². The number of halogens is 3. The largest absolute Gasteiger partial charge is 0.293 e. The summed E-state index contributed by atoms with van der Waals surface area (Å²) in [5, 5.41) is 0.550. The Bertz CT molecular complexity index is 666. The average Bonchev–Trinajstić information content (AvgIpc) is 2.41. The quantitative estimate of drug-likeness (QED) is 0.783. The molecule has 0 aliphatic rings. The van der Waals surface area contributed by atoms with Gasteiger partial charge in [0.25, 0.3) is 0 Å². The fourth-order valence-electron chi connectivity index (χ4n) is 1.80. The summed E-state index contributed by atoms with van der Waals surface area (Å²) in [6, 6.07) is 9.84. The number of benzene rings is 2. The average molecular weight is 329 g/mol. The van der Waals surface area contributed by atoms with Crippen molar-refractivity contribution in [3.8, 4) is 0 Å². The van der Waals surface area contributed by atoms with E-state index in [1.807, 2.05) is 0 Å². The Hall–Kier alpha value is -1.59. The molecule has 6 heteroatoms. The molecule has 2 rings (SSSR count). The highest BCUT2D eigenvalue weighted by Gasteiger charge is 2.19. The van der Waals surface area contributed by atoms with Gasteiger partial charge in [0.1, 0.15) is 11.6 Å². The molecule has 1 unspecified atom stereocenters. The molecule has 0 fully saturated rings. The lowest BCUT2D eigenvalue weighted by Gasteiger charge is -2.05. The molecular formula is C15H11ClF2O2S. The minimum absolute atomic E-state index is 0.124. The molecule has 0 heterocycles.